The van der Waals surface area contributed by atoms with Crippen LogP contribution >= 0.6 is 0 Å². The molecule has 0 aromatic heterocycles. The smallest absolute Gasteiger partial charge is 0.480 e. The van der Waals surface area contributed by atoms with Crippen molar-refractivity contribution in [1.82, 2.24) is 0 Å². The summed E-state index contributed by atoms with van der Waals surface area (Å²) in [5.41, 5.74) is 5.80. The molecule has 0 bridgehead atoms. The molecule has 0 saturated heterocycles. The number of nitrogens with two attached hydrogens (primary N) is 1. The van der Waals surface area contributed by atoms with Crippen LogP contribution in [0.3, 0.4) is 0 Å². The monoisotopic (exact) mass is 565 g/mol. The first kappa shape index (κ1) is 34.9. The molecule has 226 valence electrons. The molecule has 3 unspecified atom stereocenters. The molecule has 0 heterocycles. The van der Waals surface area contributed by atoms with Crippen molar-refractivity contribution in [3.8, 4) is 11.5 Å². The van der Waals surface area contributed by atoms with Gasteiger partial charge in [-0.1, -0.05) is 67.9 Å². The van der Waals surface area contributed by atoms with Crippen LogP contribution in [0.5, 0.6) is 11.5 Å². The second kappa shape index (κ2) is 15.0. The first-order chi connectivity index (χ1) is 18.3. The summed E-state index contributed by atoms with van der Waals surface area (Å²) < 4.78 is 21.6. The number of aliphatic carboxylic acids is 1. The summed E-state index contributed by atoms with van der Waals surface area (Å²) >= 11 is 0. The van der Waals surface area contributed by atoms with E-state index in [9.17, 15) is 24.3 Å². The Hall–Kier alpha value is -3.14. The van der Waals surface area contributed by atoms with E-state index in [0.29, 0.717) is 12.0 Å². The number of hydrogen-bond acceptors (Lipinski definition) is 9. The molecule has 0 aliphatic heterocycles. The summed E-state index contributed by atoms with van der Waals surface area (Å²) in [6.07, 6.45) is 0.563. The minimum atomic E-state index is -1.37. The molecule has 0 aliphatic rings. The Morgan fingerprint density at radius 2 is 1.43 bits per heavy atom. The van der Waals surface area contributed by atoms with Gasteiger partial charge in [-0.05, 0) is 47.8 Å². The number of benzene rings is 1. The Kier molecular flexibility index (Phi) is 13.1. The van der Waals surface area contributed by atoms with E-state index in [2.05, 4.69) is 0 Å². The highest BCUT2D eigenvalue weighted by molar-refractivity contribution is 5.78. The number of carbonyl (C=O) groups excluding carboxylic acids is 3. The van der Waals surface area contributed by atoms with Crippen molar-refractivity contribution in [3.63, 3.8) is 0 Å². The Morgan fingerprint density at radius 3 is 1.90 bits per heavy atom. The zero-order valence-electron chi connectivity index (χ0n) is 25.4. The summed E-state index contributed by atoms with van der Waals surface area (Å²) in [6, 6.07) is 3.09. The highest BCUT2D eigenvalue weighted by atomic mass is 16.7. The summed E-state index contributed by atoms with van der Waals surface area (Å²) in [7, 11) is 0. The second-order valence-corrected chi connectivity index (χ2v) is 12.8. The first-order valence-electron chi connectivity index (χ1n) is 13.7. The van der Waals surface area contributed by atoms with E-state index in [1.54, 1.807) is 19.9 Å². The lowest BCUT2D eigenvalue weighted by Crippen LogP contribution is -2.40. The van der Waals surface area contributed by atoms with Crippen molar-refractivity contribution in [2.45, 2.75) is 106 Å². The SMILES string of the molecule is CCCC(C)OC(=O)OCC(C)C(c1ccc(OC(=O)CC(C)(C)C)c(OC(=O)CC(C)(C)C)c1)[C@H](N)C(=O)O. The fraction of sp³-hybridized carbons (Fsp3) is 0.667. The summed E-state index contributed by atoms with van der Waals surface area (Å²) in [5.74, 6) is -3.73. The lowest BCUT2D eigenvalue weighted by atomic mass is 9.82. The van der Waals surface area contributed by atoms with Crippen molar-refractivity contribution in [3.05, 3.63) is 23.8 Å². The molecule has 10 nitrogen and oxygen atoms in total. The van der Waals surface area contributed by atoms with Gasteiger partial charge >= 0.3 is 24.1 Å². The van der Waals surface area contributed by atoms with Gasteiger partial charge in [-0.3, -0.25) is 14.4 Å². The van der Waals surface area contributed by atoms with Gasteiger partial charge in [-0.2, -0.15) is 0 Å². The highest BCUT2D eigenvalue weighted by Gasteiger charge is 2.33. The quantitative estimate of drug-likeness (QED) is 0.220. The van der Waals surface area contributed by atoms with Gasteiger partial charge in [-0.15, -0.1) is 0 Å². The number of esters is 2. The van der Waals surface area contributed by atoms with Gasteiger partial charge in [0.2, 0.25) is 0 Å². The van der Waals surface area contributed by atoms with E-state index in [-0.39, 0.29) is 47.9 Å². The van der Waals surface area contributed by atoms with Crippen LogP contribution in [0.2, 0.25) is 0 Å². The Morgan fingerprint density at radius 1 is 0.900 bits per heavy atom. The molecule has 0 amide bonds. The van der Waals surface area contributed by atoms with Crippen LogP contribution in [0.1, 0.15) is 99.5 Å². The fourth-order valence-corrected chi connectivity index (χ4v) is 4.09. The number of carbonyl (C=O) groups is 4. The molecular formula is C30H47NO9. The van der Waals surface area contributed by atoms with Crippen LogP contribution < -0.4 is 15.2 Å². The van der Waals surface area contributed by atoms with Crippen LogP contribution in [0.15, 0.2) is 18.2 Å². The maximum absolute atomic E-state index is 12.7. The Balaban J connectivity index is 3.35. The van der Waals surface area contributed by atoms with E-state index in [1.807, 2.05) is 48.5 Å². The number of carboxylic acids is 1. The van der Waals surface area contributed by atoms with Gasteiger partial charge in [0.05, 0.1) is 19.4 Å². The molecule has 0 fully saturated rings. The highest BCUT2D eigenvalue weighted by Crippen LogP contribution is 2.37. The van der Waals surface area contributed by atoms with Crippen molar-refractivity contribution >= 4 is 24.1 Å². The van der Waals surface area contributed by atoms with E-state index >= 15 is 0 Å². The van der Waals surface area contributed by atoms with Gasteiger partial charge in [0.25, 0.3) is 0 Å². The van der Waals surface area contributed by atoms with Crippen molar-refractivity contribution < 1.29 is 43.2 Å². The van der Waals surface area contributed by atoms with E-state index in [4.69, 9.17) is 24.7 Å². The topological polar surface area (TPSA) is 151 Å². The normalized spacial score (nSPS) is 14.8. The largest absolute Gasteiger partial charge is 0.508 e. The van der Waals surface area contributed by atoms with E-state index < -0.39 is 41.9 Å². The number of ether oxygens (including phenoxy) is 4. The molecule has 0 radical (unpaired) electrons. The second-order valence-electron chi connectivity index (χ2n) is 12.8. The average molecular weight is 566 g/mol. The molecule has 4 atom stereocenters. The average Bonchev–Trinajstić information content (AvgIpc) is 2.76. The third kappa shape index (κ3) is 12.8. The van der Waals surface area contributed by atoms with Crippen LogP contribution in [0.4, 0.5) is 4.79 Å². The maximum atomic E-state index is 12.7. The molecule has 10 heteroatoms. The van der Waals surface area contributed by atoms with Crippen LogP contribution in [-0.2, 0) is 23.9 Å². The molecular weight excluding hydrogens is 518 g/mol. The van der Waals surface area contributed by atoms with Crippen molar-refractivity contribution in [1.29, 1.82) is 0 Å². The first-order valence-corrected chi connectivity index (χ1v) is 13.7. The van der Waals surface area contributed by atoms with Gasteiger partial charge in [0.15, 0.2) is 11.5 Å². The zero-order chi connectivity index (χ0) is 30.8. The summed E-state index contributed by atoms with van der Waals surface area (Å²) in [6.45, 7) is 16.6. The summed E-state index contributed by atoms with van der Waals surface area (Å²) in [5, 5.41) is 9.73. The molecule has 1 rings (SSSR count). The Labute approximate surface area is 237 Å². The predicted molar refractivity (Wildman–Crippen MR) is 150 cm³/mol. The van der Waals surface area contributed by atoms with Crippen molar-refractivity contribution in [2.75, 3.05) is 6.61 Å². The third-order valence-corrected chi connectivity index (χ3v) is 5.89. The third-order valence-electron chi connectivity index (χ3n) is 5.89. The number of rotatable bonds is 13. The Bertz CT molecular complexity index is 1020. The molecule has 3 N–H and O–H groups in total. The molecule has 0 aliphatic carbocycles. The molecule has 1 aromatic rings. The summed E-state index contributed by atoms with van der Waals surface area (Å²) in [4.78, 5) is 49.3. The molecule has 40 heavy (non-hydrogen) atoms. The lowest BCUT2D eigenvalue weighted by molar-refractivity contribution is -0.139. The minimum Gasteiger partial charge on any atom is -0.480 e. The van der Waals surface area contributed by atoms with Gasteiger partial charge in [0, 0.05) is 5.92 Å². The molecule has 1 aromatic carbocycles. The lowest BCUT2D eigenvalue weighted by Gasteiger charge is -2.28. The number of hydrogen-bond donors (Lipinski definition) is 2. The van der Waals surface area contributed by atoms with E-state index in [0.717, 1.165) is 6.42 Å². The molecule has 0 spiro atoms. The van der Waals surface area contributed by atoms with Crippen LogP contribution in [0, 0.1) is 16.7 Å². The minimum absolute atomic E-state index is 0.0281. The standard InChI is InChI=1S/C30H47NO9/c1-10-11-19(3)38-28(36)37-17-18(2)25(26(31)27(34)35)20-12-13-21(39-23(32)15-29(4,5)6)22(14-20)40-24(33)16-30(7,8)9/h12-14,18-19,25-26H,10-11,15-17,31H2,1-9H3,(H,34,35)/t18?,19?,25?,26-/m0/s1. The van der Waals surface area contributed by atoms with Crippen LogP contribution in [0.25, 0.3) is 0 Å². The van der Waals surface area contributed by atoms with E-state index in [1.165, 1.54) is 12.1 Å². The predicted octanol–water partition coefficient (Wildman–Crippen LogP) is 5.84. The van der Waals surface area contributed by atoms with Gasteiger partial charge in [-0.25, -0.2) is 4.79 Å². The van der Waals surface area contributed by atoms with Crippen molar-refractivity contribution in [2.24, 2.45) is 22.5 Å². The number of carboxylic acid groups (broad SMARTS) is 1. The zero-order valence-corrected chi connectivity index (χ0v) is 25.4. The maximum Gasteiger partial charge on any atom is 0.508 e. The molecule has 0 saturated carbocycles. The fourth-order valence-electron chi connectivity index (χ4n) is 4.09. The van der Waals surface area contributed by atoms with Crippen LogP contribution in [-0.4, -0.2) is 47.9 Å². The van der Waals surface area contributed by atoms with Gasteiger partial charge < -0.3 is 29.8 Å². The van der Waals surface area contributed by atoms with Gasteiger partial charge in [0.1, 0.15) is 12.1 Å².